The Bertz CT molecular complexity index is 488. The molecule has 0 aliphatic rings. The van der Waals surface area contributed by atoms with Crippen LogP contribution in [0.2, 0.25) is 0 Å². The summed E-state index contributed by atoms with van der Waals surface area (Å²) in [6.45, 7) is 4.62. The Labute approximate surface area is 108 Å². The molecule has 0 aliphatic carbocycles. The molecular weight excluding hydrogens is 222 g/mol. The summed E-state index contributed by atoms with van der Waals surface area (Å²) in [6.07, 6.45) is -0.480. The molecule has 2 rings (SSSR count). The molecule has 2 N–H and O–H groups in total. The van der Waals surface area contributed by atoms with Crippen LogP contribution in [0.15, 0.2) is 48.5 Å². The number of aryl methyl sites for hydroxylation is 2. The van der Waals surface area contributed by atoms with Crippen LogP contribution in [0.4, 0.5) is 5.69 Å². The maximum Gasteiger partial charge on any atom is 0.0962 e. The lowest BCUT2D eigenvalue weighted by Gasteiger charge is -2.13. The highest BCUT2D eigenvalue weighted by molar-refractivity contribution is 5.44. The van der Waals surface area contributed by atoms with Gasteiger partial charge in [-0.2, -0.15) is 0 Å². The van der Waals surface area contributed by atoms with Gasteiger partial charge in [-0.1, -0.05) is 47.5 Å². The summed E-state index contributed by atoms with van der Waals surface area (Å²) in [6, 6.07) is 16.1. The van der Waals surface area contributed by atoms with Crippen LogP contribution >= 0.6 is 0 Å². The van der Waals surface area contributed by atoms with E-state index in [0.717, 1.165) is 11.3 Å². The highest BCUT2D eigenvalue weighted by Crippen LogP contribution is 2.15. The molecule has 2 aromatic rings. The van der Waals surface area contributed by atoms with Crippen molar-refractivity contribution in [1.82, 2.24) is 0 Å². The summed E-state index contributed by atoms with van der Waals surface area (Å²) in [5.41, 5.74) is 4.42. The normalized spacial score (nSPS) is 12.2. The highest BCUT2D eigenvalue weighted by atomic mass is 16.3. The van der Waals surface area contributed by atoms with Crippen molar-refractivity contribution in [2.45, 2.75) is 20.0 Å². The minimum atomic E-state index is -0.480. The van der Waals surface area contributed by atoms with Crippen molar-refractivity contribution in [2.24, 2.45) is 0 Å². The highest BCUT2D eigenvalue weighted by Gasteiger charge is 2.06. The molecule has 1 atom stereocenters. The van der Waals surface area contributed by atoms with E-state index in [2.05, 4.69) is 24.4 Å². The Morgan fingerprint density at radius 2 is 1.39 bits per heavy atom. The number of anilines is 1. The number of benzene rings is 2. The average Bonchev–Trinajstić information content (AvgIpc) is 2.38. The smallest absolute Gasteiger partial charge is 0.0962 e. The van der Waals surface area contributed by atoms with Gasteiger partial charge in [-0.25, -0.2) is 0 Å². The van der Waals surface area contributed by atoms with Gasteiger partial charge in [0.25, 0.3) is 0 Å². The molecule has 0 saturated heterocycles. The lowest BCUT2D eigenvalue weighted by Crippen LogP contribution is -2.12. The molecule has 94 valence electrons. The molecule has 0 amide bonds. The van der Waals surface area contributed by atoms with Crippen LogP contribution in [-0.2, 0) is 0 Å². The molecule has 0 unspecified atom stereocenters. The lowest BCUT2D eigenvalue weighted by molar-refractivity contribution is 0.191. The van der Waals surface area contributed by atoms with Crippen molar-refractivity contribution >= 4 is 5.69 Å². The van der Waals surface area contributed by atoms with E-state index < -0.39 is 6.10 Å². The fourth-order valence-electron chi connectivity index (χ4n) is 1.79. The second-order valence-electron chi connectivity index (χ2n) is 4.67. The third-order valence-corrected chi connectivity index (χ3v) is 3.01. The van der Waals surface area contributed by atoms with Crippen LogP contribution in [0.5, 0.6) is 0 Å². The zero-order chi connectivity index (χ0) is 13.0. The molecular formula is C16H19NO. The van der Waals surface area contributed by atoms with E-state index in [0.29, 0.717) is 6.54 Å². The third kappa shape index (κ3) is 3.34. The molecule has 0 aliphatic heterocycles. The van der Waals surface area contributed by atoms with E-state index in [4.69, 9.17) is 0 Å². The first-order valence-corrected chi connectivity index (χ1v) is 6.20. The van der Waals surface area contributed by atoms with Gasteiger partial charge in [0.2, 0.25) is 0 Å². The van der Waals surface area contributed by atoms with Crippen molar-refractivity contribution in [3.05, 3.63) is 65.2 Å². The summed E-state index contributed by atoms with van der Waals surface area (Å²) in [7, 11) is 0. The number of aliphatic hydroxyl groups is 1. The van der Waals surface area contributed by atoms with Gasteiger partial charge in [0, 0.05) is 12.2 Å². The van der Waals surface area contributed by atoms with E-state index in [9.17, 15) is 5.11 Å². The number of hydrogen-bond acceptors (Lipinski definition) is 2. The van der Waals surface area contributed by atoms with E-state index >= 15 is 0 Å². The Balaban J connectivity index is 1.93. The monoisotopic (exact) mass is 241 g/mol. The molecule has 0 radical (unpaired) electrons. The maximum absolute atomic E-state index is 10.1. The van der Waals surface area contributed by atoms with Gasteiger partial charge in [-0.15, -0.1) is 0 Å². The first-order valence-electron chi connectivity index (χ1n) is 6.20. The van der Waals surface area contributed by atoms with Gasteiger partial charge < -0.3 is 10.4 Å². The fraction of sp³-hybridized carbons (Fsp3) is 0.250. The van der Waals surface area contributed by atoms with Gasteiger partial charge in [-0.3, -0.25) is 0 Å². The average molecular weight is 241 g/mol. The van der Waals surface area contributed by atoms with Gasteiger partial charge >= 0.3 is 0 Å². The van der Waals surface area contributed by atoms with Crippen LogP contribution in [-0.4, -0.2) is 11.7 Å². The van der Waals surface area contributed by atoms with Crippen LogP contribution in [0, 0.1) is 13.8 Å². The number of aliphatic hydroxyl groups excluding tert-OH is 1. The maximum atomic E-state index is 10.1. The Kier molecular flexibility index (Phi) is 4.00. The number of hydrogen-bond donors (Lipinski definition) is 2. The topological polar surface area (TPSA) is 32.3 Å². The second-order valence-corrected chi connectivity index (χ2v) is 4.67. The Morgan fingerprint density at radius 1 is 0.889 bits per heavy atom. The van der Waals surface area contributed by atoms with Crippen LogP contribution < -0.4 is 5.32 Å². The molecule has 0 aromatic heterocycles. The van der Waals surface area contributed by atoms with Crippen molar-refractivity contribution < 1.29 is 5.11 Å². The molecule has 0 saturated carbocycles. The summed E-state index contributed by atoms with van der Waals surface area (Å²) in [4.78, 5) is 0. The van der Waals surface area contributed by atoms with Crippen molar-refractivity contribution in [1.29, 1.82) is 0 Å². The van der Waals surface area contributed by atoms with E-state index in [1.807, 2.05) is 43.3 Å². The molecule has 2 aromatic carbocycles. The van der Waals surface area contributed by atoms with Crippen LogP contribution in [0.1, 0.15) is 22.8 Å². The van der Waals surface area contributed by atoms with Crippen molar-refractivity contribution in [3.63, 3.8) is 0 Å². The quantitative estimate of drug-likeness (QED) is 0.859. The molecule has 0 heterocycles. The first kappa shape index (κ1) is 12.7. The van der Waals surface area contributed by atoms with E-state index in [1.165, 1.54) is 11.1 Å². The SMILES string of the molecule is Cc1ccc(NC[C@@H](O)c2ccc(C)cc2)cc1. The second kappa shape index (κ2) is 5.69. The molecule has 0 fully saturated rings. The molecule has 2 heteroatoms. The van der Waals surface area contributed by atoms with Gasteiger partial charge in [-0.05, 0) is 31.5 Å². The van der Waals surface area contributed by atoms with Gasteiger partial charge in [0.05, 0.1) is 6.10 Å². The molecule has 2 nitrogen and oxygen atoms in total. The first-order chi connectivity index (χ1) is 8.65. The van der Waals surface area contributed by atoms with Crippen LogP contribution in [0.25, 0.3) is 0 Å². The predicted molar refractivity (Wildman–Crippen MR) is 75.8 cm³/mol. The zero-order valence-electron chi connectivity index (χ0n) is 10.9. The fourth-order valence-corrected chi connectivity index (χ4v) is 1.79. The summed E-state index contributed by atoms with van der Waals surface area (Å²) in [5.74, 6) is 0. The minimum absolute atomic E-state index is 0.480. The Hall–Kier alpha value is -1.80. The number of rotatable bonds is 4. The molecule has 18 heavy (non-hydrogen) atoms. The number of nitrogens with one attached hydrogen (secondary N) is 1. The van der Waals surface area contributed by atoms with E-state index in [1.54, 1.807) is 0 Å². The molecule has 0 bridgehead atoms. The summed E-state index contributed by atoms with van der Waals surface area (Å²) in [5, 5.41) is 13.3. The summed E-state index contributed by atoms with van der Waals surface area (Å²) >= 11 is 0. The van der Waals surface area contributed by atoms with Gasteiger partial charge in [0.1, 0.15) is 0 Å². The van der Waals surface area contributed by atoms with E-state index in [-0.39, 0.29) is 0 Å². The largest absolute Gasteiger partial charge is 0.387 e. The minimum Gasteiger partial charge on any atom is -0.387 e. The zero-order valence-corrected chi connectivity index (χ0v) is 10.9. The van der Waals surface area contributed by atoms with Gasteiger partial charge in [0.15, 0.2) is 0 Å². The predicted octanol–water partition coefficient (Wildman–Crippen LogP) is 3.45. The third-order valence-electron chi connectivity index (χ3n) is 3.01. The van der Waals surface area contributed by atoms with Crippen molar-refractivity contribution in [3.8, 4) is 0 Å². The molecule has 0 spiro atoms. The lowest BCUT2D eigenvalue weighted by atomic mass is 10.1. The Morgan fingerprint density at radius 3 is 1.94 bits per heavy atom. The van der Waals surface area contributed by atoms with Crippen LogP contribution in [0.3, 0.4) is 0 Å². The summed E-state index contributed by atoms with van der Waals surface area (Å²) < 4.78 is 0. The standard InChI is InChI=1S/C16H19NO/c1-12-3-7-14(8-4-12)16(18)11-17-15-9-5-13(2)6-10-15/h3-10,16-18H,11H2,1-2H3/t16-/m1/s1. The van der Waals surface area contributed by atoms with Crippen molar-refractivity contribution in [2.75, 3.05) is 11.9 Å².